The zero-order valence-electron chi connectivity index (χ0n) is 9.86. The van der Waals surface area contributed by atoms with Crippen LogP contribution in [0.25, 0.3) is 0 Å². The van der Waals surface area contributed by atoms with Gasteiger partial charge in [-0.2, -0.15) is 5.10 Å². The van der Waals surface area contributed by atoms with Crippen LogP contribution in [0.3, 0.4) is 0 Å². The second kappa shape index (κ2) is 7.54. The molecule has 16 heavy (non-hydrogen) atoms. The molecule has 6 heteroatoms. The molecule has 1 aromatic rings. The molecule has 1 heterocycles. The SMILES string of the molecule is CCc1n[nH]c(=S)n1CCCOCCOC. The second-order valence-corrected chi connectivity index (χ2v) is 3.80. The molecule has 0 radical (unpaired) electrons. The Balaban J connectivity index is 2.26. The standard InChI is InChI=1S/C10H19N3O2S/c1-3-9-11-12-10(16)13(9)5-4-6-15-8-7-14-2/h3-8H2,1-2H3,(H,12,16). The number of nitrogens with one attached hydrogen (secondary N) is 1. The maximum Gasteiger partial charge on any atom is 0.195 e. The second-order valence-electron chi connectivity index (χ2n) is 3.41. The zero-order chi connectivity index (χ0) is 11.8. The van der Waals surface area contributed by atoms with Gasteiger partial charge in [0.05, 0.1) is 13.2 Å². The van der Waals surface area contributed by atoms with Gasteiger partial charge >= 0.3 is 0 Å². The molecule has 1 rings (SSSR count). The summed E-state index contributed by atoms with van der Waals surface area (Å²) in [6.45, 7) is 4.93. The molecule has 0 amide bonds. The molecule has 0 aromatic carbocycles. The van der Waals surface area contributed by atoms with E-state index in [1.807, 2.05) is 4.57 Å². The Morgan fingerprint density at radius 3 is 2.88 bits per heavy atom. The molecule has 0 unspecified atom stereocenters. The minimum absolute atomic E-state index is 0.644. The van der Waals surface area contributed by atoms with Gasteiger partial charge in [0.2, 0.25) is 0 Å². The van der Waals surface area contributed by atoms with E-state index in [-0.39, 0.29) is 0 Å². The maximum atomic E-state index is 5.38. The third-order valence-corrected chi connectivity index (χ3v) is 2.57. The average molecular weight is 245 g/mol. The summed E-state index contributed by atoms with van der Waals surface area (Å²) in [6, 6.07) is 0. The van der Waals surface area contributed by atoms with Crippen molar-refractivity contribution in [3.8, 4) is 0 Å². The summed E-state index contributed by atoms with van der Waals surface area (Å²) < 4.78 is 13.0. The minimum Gasteiger partial charge on any atom is -0.382 e. The van der Waals surface area contributed by atoms with Crippen molar-refractivity contribution < 1.29 is 9.47 Å². The van der Waals surface area contributed by atoms with Gasteiger partial charge < -0.3 is 14.0 Å². The minimum atomic E-state index is 0.644. The average Bonchev–Trinajstić information content (AvgIpc) is 2.65. The van der Waals surface area contributed by atoms with Crippen LogP contribution in [-0.4, -0.2) is 41.7 Å². The normalized spacial score (nSPS) is 10.9. The highest BCUT2D eigenvalue weighted by molar-refractivity contribution is 7.71. The summed E-state index contributed by atoms with van der Waals surface area (Å²) in [5.74, 6) is 1.00. The van der Waals surface area contributed by atoms with Gasteiger partial charge in [-0.1, -0.05) is 6.92 Å². The summed E-state index contributed by atoms with van der Waals surface area (Å²) in [7, 11) is 1.67. The molecule has 0 saturated carbocycles. The predicted molar refractivity (Wildman–Crippen MR) is 64.1 cm³/mol. The van der Waals surface area contributed by atoms with E-state index in [0.717, 1.165) is 31.8 Å². The van der Waals surface area contributed by atoms with Gasteiger partial charge in [-0.15, -0.1) is 0 Å². The lowest BCUT2D eigenvalue weighted by Gasteiger charge is -2.06. The van der Waals surface area contributed by atoms with Crippen molar-refractivity contribution in [2.75, 3.05) is 26.9 Å². The Morgan fingerprint density at radius 2 is 2.19 bits per heavy atom. The number of methoxy groups -OCH3 is 1. The highest BCUT2D eigenvalue weighted by Gasteiger charge is 2.02. The largest absolute Gasteiger partial charge is 0.382 e. The monoisotopic (exact) mass is 245 g/mol. The predicted octanol–water partition coefficient (Wildman–Crippen LogP) is 1.56. The number of hydrogen-bond acceptors (Lipinski definition) is 4. The summed E-state index contributed by atoms with van der Waals surface area (Å²) in [4.78, 5) is 0. The number of rotatable bonds is 8. The van der Waals surface area contributed by atoms with Gasteiger partial charge in [0, 0.05) is 26.7 Å². The first kappa shape index (κ1) is 13.3. The van der Waals surface area contributed by atoms with E-state index in [4.69, 9.17) is 21.7 Å². The third-order valence-electron chi connectivity index (χ3n) is 2.26. The molecule has 0 spiro atoms. The summed E-state index contributed by atoms with van der Waals surface area (Å²) in [5, 5.41) is 6.95. The van der Waals surface area contributed by atoms with Crippen LogP contribution in [0.2, 0.25) is 0 Å². The Kier molecular flexibility index (Phi) is 6.29. The number of hydrogen-bond donors (Lipinski definition) is 1. The molecule has 1 N–H and O–H groups in total. The molecule has 5 nitrogen and oxygen atoms in total. The summed E-state index contributed by atoms with van der Waals surface area (Å²) in [6.07, 6.45) is 1.82. The first-order valence-electron chi connectivity index (χ1n) is 5.50. The number of H-pyrrole nitrogens is 1. The van der Waals surface area contributed by atoms with E-state index < -0.39 is 0 Å². The number of aromatic nitrogens is 3. The van der Waals surface area contributed by atoms with Crippen LogP contribution < -0.4 is 0 Å². The third kappa shape index (κ3) is 4.03. The van der Waals surface area contributed by atoms with Gasteiger partial charge in [0.15, 0.2) is 4.77 Å². The van der Waals surface area contributed by atoms with E-state index in [0.29, 0.717) is 18.0 Å². The van der Waals surface area contributed by atoms with Crippen molar-refractivity contribution in [2.45, 2.75) is 26.3 Å². The van der Waals surface area contributed by atoms with Gasteiger partial charge in [-0.25, -0.2) is 0 Å². The molecule has 0 saturated heterocycles. The van der Waals surface area contributed by atoms with E-state index in [9.17, 15) is 0 Å². The van der Waals surface area contributed by atoms with Crippen molar-refractivity contribution in [3.63, 3.8) is 0 Å². The van der Waals surface area contributed by atoms with E-state index in [2.05, 4.69) is 17.1 Å². The molecular formula is C10H19N3O2S. The fraction of sp³-hybridized carbons (Fsp3) is 0.800. The lowest BCUT2D eigenvalue weighted by molar-refractivity contribution is 0.0679. The van der Waals surface area contributed by atoms with Crippen LogP contribution in [0, 0.1) is 4.77 Å². The van der Waals surface area contributed by atoms with E-state index >= 15 is 0 Å². The highest BCUT2D eigenvalue weighted by atomic mass is 32.1. The smallest absolute Gasteiger partial charge is 0.195 e. The van der Waals surface area contributed by atoms with Crippen LogP contribution in [0.5, 0.6) is 0 Å². The fourth-order valence-electron chi connectivity index (χ4n) is 1.42. The maximum absolute atomic E-state index is 5.38. The quantitative estimate of drug-likeness (QED) is 0.558. The summed E-state index contributed by atoms with van der Waals surface area (Å²) in [5.41, 5.74) is 0. The van der Waals surface area contributed by atoms with Crippen LogP contribution in [-0.2, 0) is 22.4 Å². The van der Waals surface area contributed by atoms with Crippen molar-refractivity contribution in [2.24, 2.45) is 0 Å². The molecule has 0 aliphatic rings. The first-order valence-corrected chi connectivity index (χ1v) is 5.91. The Labute approximate surface area is 101 Å². The first-order chi connectivity index (χ1) is 7.79. The van der Waals surface area contributed by atoms with Crippen molar-refractivity contribution in [1.29, 1.82) is 0 Å². The van der Waals surface area contributed by atoms with Gasteiger partial charge in [0.25, 0.3) is 0 Å². The number of aryl methyl sites for hydroxylation is 1. The van der Waals surface area contributed by atoms with Crippen molar-refractivity contribution >= 4 is 12.2 Å². The molecule has 1 aromatic heterocycles. The van der Waals surface area contributed by atoms with Crippen LogP contribution in [0.4, 0.5) is 0 Å². The number of nitrogens with zero attached hydrogens (tertiary/aromatic N) is 2. The summed E-state index contributed by atoms with van der Waals surface area (Å²) >= 11 is 5.14. The Morgan fingerprint density at radius 1 is 1.38 bits per heavy atom. The van der Waals surface area contributed by atoms with Gasteiger partial charge in [-0.3, -0.25) is 5.10 Å². The van der Waals surface area contributed by atoms with Crippen LogP contribution in [0.1, 0.15) is 19.2 Å². The van der Waals surface area contributed by atoms with Crippen molar-refractivity contribution in [1.82, 2.24) is 14.8 Å². The molecule has 0 aliphatic heterocycles. The van der Waals surface area contributed by atoms with Crippen molar-refractivity contribution in [3.05, 3.63) is 10.6 Å². The molecular weight excluding hydrogens is 226 g/mol. The van der Waals surface area contributed by atoms with Crippen LogP contribution >= 0.6 is 12.2 Å². The van der Waals surface area contributed by atoms with E-state index in [1.165, 1.54) is 0 Å². The topological polar surface area (TPSA) is 52.1 Å². The molecule has 0 fully saturated rings. The van der Waals surface area contributed by atoms with E-state index in [1.54, 1.807) is 7.11 Å². The lowest BCUT2D eigenvalue weighted by Crippen LogP contribution is -2.08. The Bertz CT molecular complexity index is 348. The Hall–Kier alpha value is -0.720. The number of ether oxygens (including phenoxy) is 2. The number of aromatic amines is 1. The molecule has 92 valence electrons. The fourth-order valence-corrected chi connectivity index (χ4v) is 1.66. The van der Waals surface area contributed by atoms with Gasteiger partial charge in [-0.05, 0) is 18.6 Å². The van der Waals surface area contributed by atoms with Crippen LogP contribution in [0.15, 0.2) is 0 Å². The molecule has 0 aliphatic carbocycles. The zero-order valence-corrected chi connectivity index (χ0v) is 10.7. The highest BCUT2D eigenvalue weighted by Crippen LogP contribution is 2.00. The molecule has 0 bridgehead atoms. The van der Waals surface area contributed by atoms with Gasteiger partial charge in [0.1, 0.15) is 5.82 Å². The molecule has 0 atom stereocenters. The lowest BCUT2D eigenvalue weighted by atomic mass is 10.4.